The average molecular weight is 212 g/mol. The molecule has 0 spiro atoms. The molecule has 1 aromatic rings. The van der Waals surface area contributed by atoms with Gasteiger partial charge in [-0.1, -0.05) is 54.3 Å². The molecule has 0 amide bonds. The molecule has 0 unspecified atom stereocenters. The van der Waals surface area contributed by atoms with Gasteiger partial charge in [0.1, 0.15) is 5.94 Å². The summed E-state index contributed by atoms with van der Waals surface area (Å²) >= 11 is 6.43. The Bertz CT molecular complexity index is 285. The van der Waals surface area contributed by atoms with Crippen molar-refractivity contribution in [2.24, 2.45) is 0 Å². The predicted molar refractivity (Wildman–Crippen MR) is 57.7 cm³/mol. The van der Waals surface area contributed by atoms with Gasteiger partial charge in [-0.15, -0.1) is 0 Å². The molecular formula is C9H8O2S2. The lowest BCUT2D eigenvalue weighted by Gasteiger charge is -2.01. The van der Waals surface area contributed by atoms with Crippen LogP contribution in [0.4, 0.5) is 0 Å². The van der Waals surface area contributed by atoms with Crippen LogP contribution in [-0.4, -0.2) is 16.6 Å². The number of carbonyl (C=O) groups excluding carboxylic acids is 1. The highest BCUT2D eigenvalue weighted by Crippen LogP contribution is 2.13. The molecule has 1 rings (SSSR count). The second-order valence-electron chi connectivity index (χ2n) is 2.18. The number of hydrogen-bond donors (Lipinski definition) is 0. The van der Waals surface area contributed by atoms with Crippen LogP contribution in [-0.2, 0) is 9.53 Å². The van der Waals surface area contributed by atoms with Crippen molar-refractivity contribution in [1.82, 2.24) is 0 Å². The molecule has 68 valence electrons. The monoisotopic (exact) mass is 212 g/mol. The second kappa shape index (κ2) is 5.72. The average Bonchev–Trinajstić information content (AvgIpc) is 2.19. The molecule has 0 saturated heterocycles. The first-order valence-corrected chi connectivity index (χ1v) is 5.01. The van der Waals surface area contributed by atoms with Crippen molar-refractivity contribution in [2.75, 3.05) is 5.94 Å². The molecule has 0 heterocycles. The summed E-state index contributed by atoms with van der Waals surface area (Å²) in [7, 11) is 0. The Labute approximate surface area is 86.3 Å². The van der Waals surface area contributed by atoms with Gasteiger partial charge < -0.3 is 4.74 Å². The van der Waals surface area contributed by atoms with E-state index in [0.29, 0.717) is 6.47 Å². The largest absolute Gasteiger partial charge is 0.456 e. The molecular weight excluding hydrogens is 204 g/mol. The van der Waals surface area contributed by atoms with Crippen molar-refractivity contribution in [3.63, 3.8) is 0 Å². The van der Waals surface area contributed by atoms with E-state index >= 15 is 0 Å². The lowest BCUT2D eigenvalue weighted by Crippen LogP contribution is -1.94. The standard InChI is InChI=1S/C9H8O2S2/c10-6-11-7-13-9(12)8-4-2-1-3-5-8/h1-6H,7H2. The van der Waals surface area contributed by atoms with Crippen LogP contribution < -0.4 is 0 Å². The zero-order chi connectivity index (χ0) is 9.52. The maximum atomic E-state index is 9.84. The van der Waals surface area contributed by atoms with Crippen LogP contribution in [0, 0.1) is 0 Å². The summed E-state index contributed by atoms with van der Waals surface area (Å²) in [6.07, 6.45) is 0. The highest BCUT2D eigenvalue weighted by molar-refractivity contribution is 8.23. The molecule has 0 aliphatic carbocycles. The SMILES string of the molecule is O=COCSC(=S)c1ccccc1. The quantitative estimate of drug-likeness (QED) is 0.331. The smallest absolute Gasteiger partial charge is 0.293 e. The van der Waals surface area contributed by atoms with Gasteiger partial charge in [0.2, 0.25) is 0 Å². The molecule has 0 bridgehead atoms. The molecule has 0 saturated carbocycles. The van der Waals surface area contributed by atoms with Gasteiger partial charge in [-0.2, -0.15) is 0 Å². The van der Waals surface area contributed by atoms with E-state index < -0.39 is 0 Å². The number of benzene rings is 1. The van der Waals surface area contributed by atoms with Crippen LogP contribution in [0.1, 0.15) is 5.56 Å². The van der Waals surface area contributed by atoms with Crippen LogP contribution in [0.5, 0.6) is 0 Å². The summed E-state index contributed by atoms with van der Waals surface area (Å²) in [5, 5.41) is 0. The van der Waals surface area contributed by atoms with E-state index in [4.69, 9.17) is 12.2 Å². The highest BCUT2D eigenvalue weighted by atomic mass is 32.2. The fraction of sp³-hybridized carbons (Fsp3) is 0.111. The normalized spacial score (nSPS) is 9.23. The first kappa shape index (κ1) is 10.2. The molecule has 0 aliphatic heterocycles. The second-order valence-corrected chi connectivity index (χ2v) is 3.78. The lowest BCUT2D eigenvalue weighted by atomic mass is 10.2. The molecule has 0 N–H and O–H groups in total. The van der Waals surface area contributed by atoms with E-state index in [1.807, 2.05) is 30.3 Å². The minimum absolute atomic E-state index is 0.275. The number of carbonyl (C=O) groups is 1. The Morgan fingerprint density at radius 2 is 2.15 bits per heavy atom. The Balaban J connectivity index is 2.45. The molecule has 0 aliphatic rings. The summed E-state index contributed by atoms with van der Waals surface area (Å²) in [5.41, 5.74) is 0.983. The topological polar surface area (TPSA) is 26.3 Å². The minimum Gasteiger partial charge on any atom is -0.456 e. The van der Waals surface area contributed by atoms with E-state index in [9.17, 15) is 4.79 Å². The Hall–Kier alpha value is -0.870. The summed E-state index contributed by atoms with van der Waals surface area (Å²) in [4.78, 5) is 9.84. The van der Waals surface area contributed by atoms with Crippen LogP contribution >= 0.6 is 24.0 Å². The van der Waals surface area contributed by atoms with E-state index in [0.717, 1.165) is 9.76 Å². The van der Waals surface area contributed by atoms with Crippen molar-refractivity contribution in [1.29, 1.82) is 0 Å². The number of hydrogen-bond acceptors (Lipinski definition) is 4. The molecule has 0 fully saturated rings. The molecule has 13 heavy (non-hydrogen) atoms. The van der Waals surface area contributed by atoms with E-state index in [-0.39, 0.29) is 5.94 Å². The summed E-state index contributed by atoms with van der Waals surface area (Å²) in [5.74, 6) is 0.275. The zero-order valence-corrected chi connectivity index (χ0v) is 8.44. The molecule has 4 heteroatoms. The third-order valence-corrected chi connectivity index (χ3v) is 2.68. The summed E-state index contributed by atoms with van der Waals surface area (Å²) in [6.45, 7) is 0.417. The fourth-order valence-corrected chi connectivity index (χ4v) is 1.59. The minimum atomic E-state index is 0.275. The molecule has 2 nitrogen and oxygen atoms in total. The molecule has 0 aromatic heterocycles. The zero-order valence-electron chi connectivity index (χ0n) is 6.80. The Morgan fingerprint density at radius 3 is 2.77 bits per heavy atom. The fourth-order valence-electron chi connectivity index (χ4n) is 0.773. The summed E-state index contributed by atoms with van der Waals surface area (Å²) < 4.78 is 5.26. The van der Waals surface area contributed by atoms with Gasteiger partial charge in [0.15, 0.2) is 0 Å². The lowest BCUT2D eigenvalue weighted by molar-refractivity contribution is -0.126. The predicted octanol–water partition coefficient (Wildman–Crippen LogP) is 2.23. The van der Waals surface area contributed by atoms with Crippen molar-refractivity contribution in [3.05, 3.63) is 35.9 Å². The van der Waals surface area contributed by atoms with Crippen molar-refractivity contribution >= 4 is 34.6 Å². The van der Waals surface area contributed by atoms with Crippen LogP contribution in [0.3, 0.4) is 0 Å². The maximum Gasteiger partial charge on any atom is 0.293 e. The van der Waals surface area contributed by atoms with Gasteiger partial charge in [0, 0.05) is 0 Å². The van der Waals surface area contributed by atoms with Crippen LogP contribution in [0.2, 0.25) is 0 Å². The van der Waals surface area contributed by atoms with Crippen molar-refractivity contribution < 1.29 is 9.53 Å². The highest BCUT2D eigenvalue weighted by Gasteiger charge is 1.99. The summed E-state index contributed by atoms with van der Waals surface area (Å²) in [6, 6.07) is 9.62. The molecule has 1 aromatic carbocycles. The number of thioether (sulfide) groups is 1. The van der Waals surface area contributed by atoms with Gasteiger partial charge in [-0.3, -0.25) is 4.79 Å². The number of rotatable bonds is 4. The van der Waals surface area contributed by atoms with Gasteiger partial charge in [-0.25, -0.2) is 0 Å². The van der Waals surface area contributed by atoms with Gasteiger partial charge >= 0.3 is 0 Å². The van der Waals surface area contributed by atoms with Crippen LogP contribution in [0.15, 0.2) is 30.3 Å². The molecule has 0 radical (unpaired) electrons. The van der Waals surface area contributed by atoms with Gasteiger partial charge in [0.25, 0.3) is 6.47 Å². The van der Waals surface area contributed by atoms with Gasteiger partial charge in [0.05, 0.1) is 4.20 Å². The number of ether oxygens (including phenoxy) is 1. The van der Waals surface area contributed by atoms with E-state index in [2.05, 4.69) is 4.74 Å². The third kappa shape index (κ3) is 3.57. The Morgan fingerprint density at radius 1 is 1.46 bits per heavy atom. The Kier molecular flexibility index (Phi) is 4.49. The van der Waals surface area contributed by atoms with E-state index in [1.54, 1.807) is 0 Å². The third-order valence-electron chi connectivity index (χ3n) is 1.34. The van der Waals surface area contributed by atoms with Gasteiger partial charge in [-0.05, 0) is 5.56 Å². The van der Waals surface area contributed by atoms with Crippen molar-refractivity contribution in [3.8, 4) is 0 Å². The number of thiocarbonyl (C=S) groups is 1. The van der Waals surface area contributed by atoms with E-state index in [1.165, 1.54) is 11.8 Å². The van der Waals surface area contributed by atoms with Crippen LogP contribution in [0.25, 0.3) is 0 Å². The first-order valence-electron chi connectivity index (χ1n) is 3.62. The first-order chi connectivity index (χ1) is 6.34. The maximum absolute atomic E-state index is 9.84. The van der Waals surface area contributed by atoms with Crippen molar-refractivity contribution in [2.45, 2.75) is 0 Å². The molecule has 0 atom stereocenters.